The van der Waals surface area contributed by atoms with Gasteiger partial charge in [-0.25, -0.2) is 0 Å². The summed E-state index contributed by atoms with van der Waals surface area (Å²) in [5.74, 6) is -0.359. The lowest BCUT2D eigenvalue weighted by Gasteiger charge is -2.16. The zero-order valence-corrected chi connectivity index (χ0v) is 15.3. The van der Waals surface area contributed by atoms with Gasteiger partial charge in [0.15, 0.2) is 0 Å². The van der Waals surface area contributed by atoms with Crippen LogP contribution in [0.1, 0.15) is 44.6 Å². The molecular formula is C18H20N2O2S2. The minimum absolute atomic E-state index is 0.0889. The standard InChI is InChI=1S/C18H20N2O2S2/c1-2-3-4-5-8-11-20-13-10-7-6-9-12(13)14(17(20)22)15-16(21)19-18(23)24-15/h6-7,9-10H,2-5,8,11H2,1H3,(H,19,21,23). The predicted octanol–water partition coefficient (Wildman–Crippen LogP) is 3.86. The smallest absolute Gasteiger partial charge is 0.264 e. The molecule has 24 heavy (non-hydrogen) atoms. The maximum Gasteiger partial charge on any atom is 0.264 e. The number of hydrogen-bond donors (Lipinski definition) is 1. The molecule has 0 spiro atoms. The maximum atomic E-state index is 13.0. The molecule has 1 fully saturated rings. The van der Waals surface area contributed by atoms with Gasteiger partial charge in [-0.15, -0.1) is 0 Å². The highest BCUT2D eigenvalue weighted by atomic mass is 32.2. The Bertz CT molecular complexity index is 727. The molecule has 0 atom stereocenters. The van der Waals surface area contributed by atoms with Gasteiger partial charge in [0, 0.05) is 12.1 Å². The highest BCUT2D eigenvalue weighted by Gasteiger charge is 2.38. The second-order valence-corrected chi connectivity index (χ2v) is 7.62. The number of hydrogen-bond acceptors (Lipinski definition) is 4. The highest BCUT2D eigenvalue weighted by molar-refractivity contribution is 8.27. The lowest BCUT2D eigenvalue weighted by Crippen LogP contribution is -2.28. The molecule has 1 aromatic carbocycles. The number of carbonyl (C=O) groups excluding carboxylic acids is 2. The van der Waals surface area contributed by atoms with Crippen LogP contribution in [0.3, 0.4) is 0 Å². The van der Waals surface area contributed by atoms with E-state index in [1.54, 1.807) is 4.90 Å². The van der Waals surface area contributed by atoms with Crippen LogP contribution >= 0.6 is 24.0 Å². The second-order valence-electron chi connectivity index (χ2n) is 5.94. The van der Waals surface area contributed by atoms with Crippen molar-refractivity contribution in [1.82, 2.24) is 5.32 Å². The number of para-hydroxylation sites is 1. The number of anilines is 1. The van der Waals surface area contributed by atoms with Crippen molar-refractivity contribution >= 4 is 51.4 Å². The summed E-state index contributed by atoms with van der Waals surface area (Å²) in [7, 11) is 0. The summed E-state index contributed by atoms with van der Waals surface area (Å²) in [5, 5.41) is 2.60. The molecule has 0 unspecified atom stereocenters. The van der Waals surface area contributed by atoms with E-state index in [2.05, 4.69) is 12.2 Å². The van der Waals surface area contributed by atoms with Crippen LogP contribution in [-0.2, 0) is 9.59 Å². The SMILES string of the molecule is CCCCCCCN1C(=O)C(=C2SC(=S)NC2=O)c2ccccc21. The Morgan fingerprint density at radius 2 is 1.88 bits per heavy atom. The van der Waals surface area contributed by atoms with E-state index < -0.39 is 0 Å². The van der Waals surface area contributed by atoms with Crippen molar-refractivity contribution in [1.29, 1.82) is 0 Å². The number of amides is 2. The molecule has 2 amide bonds. The Morgan fingerprint density at radius 1 is 1.12 bits per heavy atom. The minimum atomic E-state index is -0.270. The average Bonchev–Trinajstić information content (AvgIpc) is 3.03. The molecule has 0 bridgehead atoms. The van der Waals surface area contributed by atoms with E-state index in [-0.39, 0.29) is 11.8 Å². The monoisotopic (exact) mass is 360 g/mol. The van der Waals surface area contributed by atoms with Crippen molar-refractivity contribution in [2.24, 2.45) is 0 Å². The van der Waals surface area contributed by atoms with Crippen LogP contribution in [-0.4, -0.2) is 22.7 Å². The first-order valence-electron chi connectivity index (χ1n) is 8.32. The molecule has 0 aromatic heterocycles. The molecule has 0 aliphatic carbocycles. The van der Waals surface area contributed by atoms with E-state index in [1.807, 2.05) is 24.3 Å². The lowest BCUT2D eigenvalue weighted by atomic mass is 10.1. The number of fused-ring (bicyclic) bond motifs is 1. The Balaban J connectivity index is 1.86. The fourth-order valence-corrected chi connectivity index (χ4v) is 4.19. The Labute approximate surface area is 151 Å². The molecular weight excluding hydrogens is 340 g/mol. The maximum absolute atomic E-state index is 13.0. The summed E-state index contributed by atoms with van der Waals surface area (Å²) in [6.07, 6.45) is 5.72. The Hall–Kier alpha value is -1.66. The van der Waals surface area contributed by atoms with Gasteiger partial charge in [0.05, 0.1) is 16.2 Å². The average molecular weight is 361 g/mol. The van der Waals surface area contributed by atoms with Gasteiger partial charge in [0.1, 0.15) is 4.32 Å². The van der Waals surface area contributed by atoms with Gasteiger partial charge in [0.2, 0.25) is 0 Å². The van der Waals surface area contributed by atoms with Crippen LogP contribution in [0.2, 0.25) is 0 Å². The van der Waals surface area contributed by atoms with Gasteiger partial charge in [-0.05, 0) is 12.5 Å². The van der Waals surface area contributed by atoms with Crippen molar-refractivity contribution in [2.45, 2.75) is 39.0 Å². The molecule has 0 radical (unpaired) electrons. The molecule has 2 aliphatic rings. The van der Waals surface area contributed by atoms with Crippen LogP contribution in [0.5, 0.6) is 0 Å². The van der Waals surface area contributed by atoms with Gasteiger partial charge in [-0.2, -0.15) is 0 Å². The summed E-state index contributed by atoms with van der Waals surface area (Å²) in [6.45, 7) is 2.88. The zero-order chi connectivity index (χ0) is 17.1. The number of rotatable bonds is 6. The van der Waals surface area contributed by atoms with E-state index in [0.29, 0.717) is 21.3 Å². The number of nitrogens with zero attached hydrogens (tertiary/aromatic N) is 1. The third-order valence-electron chi connectivity index (χ3n) is 4.25. The van der Waals surface area contributed by atoms with Crippen molar-refractivity contribution in [3.8, 4) is 0 Å². The Kier molecular flexibility index (Phi) is 5.36. The quantitative estimate of drug-likeness (QED) is 0.475. The summed E-state index contributed by atoms with van der Waals surface area (Å²) in [6, 6.07) is 7.67. The van der Waals surface area contributed by atoms with Crippen molar-refractivity contribution in [2.75, 3.05) is 11.4 Å². The van der Waals surface area contributed by atoms with Gasteiger partial charge >= 0.3 is 0 Å². The first-order valence-corrected chi connectivity index (χ1v) is 9.54. The Morgan fingerprint density at radius 3 is 2.58 bits per heavy atom. The van der Waals surface area contributed by atoms with Crippen LogP contribution in [0, 0.1) is 0 Å². The molecule has 1 aromatic rings. The number of thiocarbonyl (C=S) groups is 1. The first kappa shape index (κ1) is 17.2. The zero-order valence-electron chi connectivity index (χ0n) is 13.6. The summed E-state index contributed by atoms with van der Waals surface area (Å²) in [4.78, 5) is 27.3. The van der Waals surface area contributed by atoms with E-state index in [9.17, 15) is 9.59 Å². The molecule has 1 N–H and O–H groups in total. The number of benzene rings is 1. The van der Waals surface area contributed by atoms with Gasteiger partial charge < -0.3 is 10.2 Å². The largest absolute Gasteiger partial charge is 0.308 e. The molecule has 3 rings (SSSR count). The minimum Gasteiger partial charge on any atom is -0.308 e. The number of nitrogens with one attached hydrogen (secondary N) is 1. The van der Waals surface area contributed by atoms with Gasteiger partial charge in [-0.1, -0.05) is 74.8 Å². The molecule has 1 saturated heterocycles. The van der Waals surface area contributed by atoms with Crippen molar-refractivity contribution in [3.63, 3.8) is 0 Å². The van der Waals surface area contributed by atoms with Crippen LogP contribution < -0.4 is 10.2 Å². The highest BCUT2D eigenvalue weighted by Crippen LogP contribution is 2.42. The summed E-state index contributed by atoms with van der Waals surface area (Å²) >= 11 is 6.24. The predicted molar refractivity (Wildman–Crippen MR) is 103 cm³/mol. The van der Waals surface area contributed by atoms with E-state index >= 15 is 0 Å². The molecule has 0 saturated carbocycles. The fourth-order valence-electron chi connectivity index (χ4n) is 3.07. The molecule has 2 heterocycles. The number of thioether (sulfide) groups is 1. The van der Waals surface area contributed by atoms with E-state index in [4.69, 9.17) is 12.2 Å². The second kappa shape index (κ2) is 7.49. The summed E-state index contributed by atoms with van der Waals surface area (Å²) in [5.41, 5.74) is 2.21. The summed E-state index contributed by atoms with van der Waals surface area (Å²) < 4.78 is 0.408. The third kappa shape index (κ3) is 3.26. The molecule has 2 aliphatic heterocycles. The lowest BCUT2D eigenvalue weighted by molar-refractivity contribution is -0.116. The van der Waals surface area contributed by atoms with Gasteiger partial charge in [-0.3, -0.25) is 9.59 Å². The van der Waals surface area contributed by atoms with Crippen LogP contribution in [0.25, 0.3) is 5.57 Å². The normalized spacial score (nSPS) is 19.9. The molecule has 6 heteroatoms. The van der Waals surface area contributed by atoms with Crippen LogP contribution in [0.15, 0.2) is 29.2 Å². The van der Waals surface area contributed by atoms with Crippen LogP contribution in [0.4, 0.5) is 5.69 Å². The van der Waals surface area contributed by atoms with Crippen molar-refractivity contribution < 1.29 is 9.59 Å². The number of carbonyl (C=O) groups is 2. The molecule has 126 valence electrons. The van der Waals surface area contributed by atoms with Crippen molar-refractivity contribution in [3.05, 3.63) is 34.7 Å². The topological polar surface area (TPSA) is 49.4 Å². The van der Waals surface area contributed by atoms with E-state index in [0.717, 1.165) is 24.1 Å². The number of unbranched alkanes of at least 4 members (excludes halogenated alkanes) is 4. The molecule has 4 nitrogen and oxygen atoms in total. The third-order valence-corrected chi connectivity index (χ3v) is 5.49. The van der Waals surface area contributed by atoms with Gasteiger partial charge in [0.25, 0.3) is 11.8 Å². The first-order chi connectivity index (χ1) is 11.6. The van der Waals surface area contributed by atoms with E-state index in [1.165, 1.54) is 31.0 Å². The fraction of sp³-hybridized carbons (Fsp3) is 0.389.